The molecular formula is C21H18F3N3O2. The van der Waals surface area contributed by atoms with Crippen molar-refractivity contribution in [2.45, 2.75) is 32.0 Å². The highest BCUT2D eigenvalue weighted by Gasteiger charge is 2.39. The first kappa shape index (κ1) is 19.2. The van der Waals surface area contributed by atoms with Crippen molar-refractivity contribution in [1.29, 1.82) is 0 Å². The monoisotopic (exact) mass is 401 g/mol. The fraction of sp³-hybridized carbons (Fsp3) is 0.286. The van der Waals surface area contributed by atoms with Crippen molar-refractivity contribution in [3.63, 3.8) is 0 Å². The summed E-state index contributed by atoms with van der Waals surface area (Å²) in [7, 11) is 0. The van der Waals surface area contributed by atoms with E-state index < -0.39 is 23.7 Å². The highest BCUT2D eigenvalue weighted by molar-refractivity contribution is 5.96. The van der Waals surface area contributed by atoms with Crippen molar-refractivity contribution < 1.29 is 22.5 Å². The second-order valence-corrected chi connectivity index (χ2v) is 7.03. The maximum absolute atomic E-state index is 13.3. The number of likely N-dealkylation sites (tertiary alicyclic amines) is 1. The molecule has 0 aliphatic carbocycles. The van der Waals surface area contributed by atoms with E-state index in [2.05, 4.69) is 10.1 Å². The number of rotatable bonds is 3. The Kier molecular flexibility index (Phi) is 4.86. The summed E-state index contributed by atoms with van der Waals surface area (Å²) in [5.74, 6) is -0.0636. The van der Waals surface area contributed by atoms with Crippen molar-refractivity contribution in [3.05, 3.63) is 71.1 Å². The van der Waals surface area contributed by atoms with Crippen LogP contribution in [-0.2, 0) is 6.18 Å². The third-order valence-electron chi connectivity index (χ3n) is 4.98. The van der Waals surface area contributed by atoms with Gasteiger partial charge in [-0.05, 0) is 38.0 Å². The Labute approximate surface area is 165 Å². The summed E-state index contributed by atoms with van der Waals surface area (Å²) in [6, 6.07) is 11.8. The van der Waals surface area contributed by atoms with Gasteiger partial charge in [-0.15, -0.1) is 0 Å². The van der Waals surface area contributed by atoms with Crippen LogP contribution in [-0.4, -0.2) is 27.5 Å². The minimum atomic E-state index is -4.61. The quantitative estimate of drug-likeness (QED) is 0.617. The lowest BCUT2D eigenvalue weighted by molar-refractivity contribution is -0.138. The van der Waals surface area contributed by atoms with E-state index in [1.165, 1.54) is 23.1 Å². The van der Waals surface area contributed by atoms with E-state index in [-0.39, 0.29) is 11.5 Å². The van der Waals surface area contributed by atoms with Crippen LogP contribution in [0.3, 0.4) is 0 Å². The average Bonchev–Trinajstić information content (AvgIpc) is 3.36. The molecule has 0 bridgehead atoms. The number of carbonyl (C=O) groups excluding carboxylic acids is 1. The van der Waals surface area contributed by atoms with Gasteiger partial charge in [-0.2, -0.15) is 18.2 Å². The van der Waals surface area contributed by atoms with E-state index in [1.54, 1.807) is 0 Å². The van der Waals surface area contributed by atoms with Gasteiger partial charge in [0, 0.05) is 12.1 Å². The van der Waals surface area contributed by atoms with Gasteiger partial charge in [0.1, 0.15) is 6.04 Å². The zero-order valence-electron chi connectivity index (χ0n) is 15.6. The minimum absolute atomic E-state index is 0.233. The van der Waals surface area contributed by atoms with E-state index >= 15 is 0 Å². The summed E-state index contributed by atoms with van der Waals surface area (Å²) in [5.41, 5.74) is 0.500. The number of carbonyl (C=O) groups is 1. The van der Waals surface area contributed by atoms with E-state index in [4.69, 9.17) is 4.52 Å². The number of hydrogen-bond donors (Lipinski definition) is 0. The van der Waals surface area contributed by atoms with Crippen LogP contribution in [0.4, 0.5) is 13.2 Å². The molecule has 1 saturated heterocycles. The predicted molar refractivity (Wildman–Crippen MR) is 98.9 cm³/mol. The fourth-order valence-electron chi connectivity index (χ4n) is 3.61. The molecule has 0 saturated carbocycles. The second-order valence-electron chi connectivity index (χ2n) is 7.03. The normalized spacial score (nSPS) is 17.0. The summed E-state index contributed by atoms with van der Waals surface area (Å²) in [4.78, 5) is 18.7. The Bertz CT molecular complexity index is 1050. The van der Waals surface area contributed by atoms with Gasteiger partial charge in [-0.1, -0.05) is 41.1 Å². The molecule has 5 nitrogen and oxygen atoms in total. The average molecular weight is 401 g/mol. The number of hydrogen-bond acceptors (Lipinski definition) is 4. The van der Waals surface area contributed by atoms with Gasteiger partial charge in [0.05, 0.1) is 11.1 Å². The Balaban J connectivity index is 1.63. The van der Waals surface area contributed by atoms with Crippen LogP contribution in [0.15, 0.2) is 53.1 Å². The lowest BCUT2D eigenvalue weighted by atomic mass is 10.1. The van der Waals surface area contributed by atoms with Crippen molar-refractivity contribution in [2.75, 3.05) is 6.54 Å². The number of nitrogens with zero attached hydrogens (tertiary/aromatic N) is 3. The molecule has 2 aromatic carbocycles. The van der Waals surface area contributed by atoms with Crippen molar-refractivity contribution in [2.24, 2.45) is 0 Å². The van der Waals surface area contributed by atoms with Crippen LogP contribution in [0.25, 0.3) is 11.4 Å². The molecule has 1 aliphatic rings. The molecule has 1 aromatic heterocycles. The molecule has 0 N–H and O–H groups in total. The van der Waals surface area contributed by atoms with Gasteiger partial charge in [0.2, 0.25) is 11.7 Å². The molecule has 1 aliphatic heterocycles. The van der Waals surface area contributed by atoms with Crippen molar-refractivity contribution >= 4 is 5.91 Å². The van der Waals surface area contributed by atoms with E-state index in [0.29, 0.717) is 25.2 Å². The number of amides is 1. The Morgan fingerprint density at radius 2 is 1.97 bits per heavy atom. The van der Waals surface area contributed by atoms with Crippen LogP contribution in [0.1, 0.15) is 46.3 Å². The van der Waals surface area contributed by atoms with Crippen LogP contribution in [0, 0.1) is 6.92 Å². The largest absolute Gasteiger partial charge is 0.417 e. The second kappa shape index (κ2) is 7.35. The maximum Gasteiger partial charge on any atom is 0.417 e. The standard InChI is InChI=1S/C21H18F3N3O2/c1-13-6-4-7-14(12-13)18-25-19(29-26-18)17-10-5-11-27(17)20(28)15-8-2-3-9-16(15)21(22,23)24/h2-4,6-9,12,17H,5,10-11H2,1H3. The summed E-state index contributed by atoms with van der Waals surface area (Å²) in [5, 5.41) is 3.99. The Morgan fingerprint density at radius 3 is 2.72 bits per heavy atom. The lowest BCUT2D eigenvalue weighted by Crippen LogP contribution is -2.32. The van der Waals surface area contributed by atoms with Gasteiger partial charge < -0.3 is 9.42 Å². The molecular weight excluding hydrogens is 383 g/mol. The van der Waals surface area contributed by atoms with Crippen LogP contribution < -0.4 is 0 Å². The van der Waals surface area contributed by atoms with Gasteiger partial charge in [0.15, 0.2) is 0 Å². The lowest BCUT2D eigenvalue weighted by Gasteiger charge is -2.23. The number of halogens is 3. The van der Waals surface area contributed by atoms with Gasteiger partial charge >= 0.3 is 6.18 Å². The summed E-state index contributed by atoms with van der Waals surface area (Å²) in [6.45, 7) is 2.28. The van der Waals surface area contributed by atoms with Gasteiger partial charge in [0.25, 0.3) is 5.91 Å². The zero-order chi connectivity index (χ0) is 20.6. The van der Waals surface area contributed by atoms with Crippen LogP contribution in [0.5, 0.6) is 0 Å². The third-order valence-corrected chi connectivity index (χ3v) is 4.98. The first-order valence-electron chi connectivity index (χ1n) is 9.22. The van der Waals surface area contributed by atoms with Crippen molar-refractivity contribution in [3.8, 4) is 11.4 Å². The zero-order valence-corrected chi connectivity index (χ0v) is 15.6. The smallest absolute Gasteiger partial charge is 0.337 e. The Hall–Kier alpha value is -3.16. The molecule has 3 aromatic rings. The van der Waals surface area contributed by atoms with E-state index in [0.717, 1.165) is 17.2 Å². The highest BCUT2D eigenvalue weighted by atomic mass is 19.4. The van der Waals surface area contributed by atoms with Gasteiger partial charge in [-0.25, -0.2) is 0 Å². The molecule has 1 unspecified atom stereocenters. The molecule has 0 spiro atoms. The molecule has 1 amide bonds. The third kappa shape index (κ3) is 3.74. The molecule has 29 heavy (non-hydrogen) atoms. The molecule has 1 atom stereocenters. The fourth-order valence-corrected chi connectivity index (χ4v) is 3.61. The van der Waals surface area contributed by atoms with Crippen LogP contribution >= 0.6 is 0 Å². The SMILES string of the molecule is Cc1cccc(-c2noc(C3CCCN3C(=O)c3ccccc3C(F)(F)F)n2)c1. The molecule has 4 rings (SSSR count). The van der Waals surface area contributed by atoms with E-state index in [1.807, 2.05) is 31.2 Å². The van der Waals surface area contributed by atoms with E-state index in [9.17, 15) is 18.0 Å². The minimum Gasteiger partial charge on any atom is -0.337 e. The number of alkyl halides is 3. The summed E-state index contributed by atoms with van der Waals surface area (Å²) >= 11 is 0. The number of aromatic nitrogens is 2. The number of aryl methyl sites for hydroxylation is 1. The molecule has 2 heterocycles. The van der Waals surface area contributed by atoms with Gasteiger partial charge in [-0.3, -0.25) is 4.79 Å². The molecule has 0 radical (unpaired) electrons. The van der Waals surface area contributed by atoms with Crippen molar-refractivity contribution in [1.82, 2.24) is 15.0 Å². The molecule has 1 fully saturated rings. The molecule has 8 heteroatoms. The highest BCUT2D eigenvalue weighted by Crippen LogP contribution is 2.37. The first-order chi connectivity index (χ1) is 13.8. The summed E-state index contributed by atoms with van der Waals surface area (Å²) in [6.07, 6.45) is -3.41. The Morgan fingerprint density at radius 1 is 1.17 bits per heavy atom. The predicted octanol–water partition coefficient (Wildman–Crippen LogP) is 5.04. The summed E-state index contributed by atoms with van der Waals surface area (Å²) < 4.78 is 45.4. The molecule has 150 valence electrons. The van der Waals surface area contributed by atoms with Crippen LogP contribution in [0.2, 0.25) is 0 Å². The first-order valence-corrected chi connectivity index (χ1v) is 9.22. The topological polar surface area (TPSA) is 59.2 Å². The number of benzene rings is 2. The maximum atomic E-state index is 13.3.